The topological polar surface area (TPSA) is 53.4 Å². The van der Waals surface area contributed by atoms with E-state index in [9.17, 15) is 9.18 Å². The Morgan fingerprint density at radius 2 is 1.58 bits per heavy atom. The minimum absolute atomic E-state index is 0. The number of nitrogens with zero attached hydrogens (tertiary/aromatic N) is 4. The molecule has 2 aliphatic rings. The Morgan fingerprint density at radius 1 is 0.909 bits per heavy atom. The van der Waals surface area contributed by atoms with E-state index < -0.39 is 0 Å². The zero-order valence-electron chi connectivity index (χ0n) is 18.5. The molecule has 2 fully saturated rings. The Balaban J connectivity index is 0.00000259. The van der Waals surface area contributed by atoms with Gasteiger partial charge in [-0.3, -0.25) is 4.79 Å². The number of halogens is 2. The third-order valence-electron chi connectivity index (χ3n) is 6.52. The van der Waals surface area contributed by atoms with Crippen LogP contribution >= 0.6 is 12.4 Å². The number of anilines is 1. The monoisotopic (exact) mass is 469 g/mol. The van der Waals surface area contributed by atoms with Gasteiger partial charge in [0.15, 0.2) is 0 Å². The summed E-state index contributed by atoms with van der Waals surface area (Å²) in [5.41, 5.74) is 3.73. The maximum Gasteiger partial charge on any atom is 0.257 e. The van der Waals surface area contributed by atoms with E-state index in [4.69, 9.17) is 0 Å². The molecule has 5 rings (SSSR count). The highest BCUT2D eigenvalue weighted by molar-refractivity contribution is 5.95. The van der Waals surface area contributed by atoms with E-state index in [1.807, 2.05) is 39.9 Å². The van der Waals surface area contributed by atoms with Crippen LogP contribution in [0.15, 0.2) is 60.8 Å². The van der Waals surface area contributed by atoms with Crippen molar-refractivity contribution < 1.29 is 9.18 Å². The fourth-order valence-electron chi connectivity index (χ4n) is 4.78. The first-order valence-electron chi connectivity index (χ1n) is 11.3. The van der Waals surface area contributed by atoms with Gasteiger partial charge < -0.3 is 15.1 Å². The summed E-state index contributed by atoms with van der Waals surface area (Å²) in [6.45, 7) is 4.64. The van der Waals surface area contributed by atoms with E-state index in [0.29, 0.717) is 19.0 Å². The minimum atomic E-state index is -0.233. The van der Waals surface area contributed by atoms with Crippen LogP contribution < -0.4 is 10.2 Å². The van der Waals surface area contributed by atoms with Crippen molar-refractivity contribution in [3.63, 3.8) is 0 Å². The van der Waals surface area contributed by atoms with Crippen LogP contribution in [0.2, 0.25) is 0 Å². The molecule has 0 atom stereocenters. The summed E-state index contributed by atoms with van der Waals surface area (Å²) < 4.78 is 15.2. The molecule has 2 aromatic carbocycles. The molecule has 2 saturated heterocycles. The molecule has 1 aromatic heterocycles. The molecule has 3 heterocycles. The summed E-state index contributed by atoms with van der Waals surface area (Å²) in [6, 6.07) is 16.6. The number of carbonyl (C=O) groups excluding carboxylic acids is 1. The van der Waals surface area contributed by atoms with Crippen molar-refractivity contribution in [1.82, 2.24) is 20.0 Å². The fraction of sp³-hybridized carbons (Fsp3) is 0.360. The molecule has 33 heavy (non-hydrogen) atoms. The zero-order chi connectivity index (χ0) is 21.9. The molecule has 0 bridgehead atoms. The quantitative estimate of drug-likeness (QED) is 0.630. The first-order valence-corrected chi connectivity index (χ1v) is 11.3. The van der Waals surface area contributed by atoms with Crippen molar-refractivity contribution in [2.24, 2.45) is 0 Å². The van der Waals surface area contributed by atoms with Gasteiger partial charge in [0.05, 0.1) is 23.1 Å². The van der Waals surface area contributed by atoms with Gasteiger partial charge in [0.1, 0.15) is 5.82 Å². The SMILES string of the molecule is Cl.O=C(c1cnn(-c2ccccc2)c1C1CCNCC1)N1CCN(c2ccc(F)cc2)CC1. The van der Waals surface area contributed by atoms with E-state index in [1.54, 1.807) is 18.3 Å². The van der Waals surface area contributed by atoms with E-state index in [-0.39, 0.29) is 24.1 Å². The number of aromatic nitrogens is 2. The third kappa shape index (κ3) is 4.89. The summed E-state index contributed by atoms with van der Waals surface area (Å²) in [4.78, 5) is 17.7. The zero-order valence-corrected chi connectivity index (χ0v) is 19.3. The fourth-order valence-corrected chi connectivity index (χ4v) is 4.78. The average molecular weight is 470 g/mol. The van der Waals surface area contributed by atoms with Crippen molar-refractivity contribution in [2.75, 3.05) is 44.2 Å². The van der Waals surface area contributed by atoms with E-state index >= 15 is 0 Å². The number of benzene rings is 2. The molecule has 0 unspecified atom stereocenters. The summed E-state index contributed by atoms with van der Waals surface area (Å²) >= 11 is 0. The Kier molecular flexibility index (Phi) is 7.30. The van der Waals surface area contributed by atoms with Crippen molar-refractivity contribution in [1.29, 1.82) is 0 Å². The lowest BCUT2D eigenvalue weighted by atomic mass is 9.91. The van der Waals surface area contributed by atoms with Crippen LogP contribution in [0.25, 0.3) is 5.69 Å². The van der Waals surface area contributed by atoms with Gasteiger partial charge in [0.2, 0.25) is 0 Å². The van der Waals surface area contributed by atoms with E-state index in [2.05, 4.69) is 15.3 Å². The smallest absolute Gasteiger partial charge is 0.257 e. The lowest BCUT2D eigenvalue weighted by molar-refractivity contribution is 0.0744. The average Bonchev–Trinajstić information content (AvgIpc) is 3.30. The van der Waals surface area contributed by atoms with Crippen LogP contribution in [-0.2, 0) is 0 Å². The second-order valence-electron chi connectivity index (χ2n) is 8.47. The maximum atomic E-state index is 13.6. The predicted octanol–water partition coefficient (Wildman–Crippen LogP) is 3.86. The molecule has 1 amide bonds. The molecule has 1 N–H and O–H groups in total. The van der Waals surface area contributed by atoms with Gasteiger partial charge in [-0.1, -0.05) is 18.2 Å². The summed E-state index contributed by atoms with van der Waals surface area (Å²) in [6.07, 6.45) is 3.74. The lowest BCUT2D eigenvalue weighted by Gasteiger charge is -2.36. The Hall–Kier alpha value is -2.90. The second kappa shape index (κ2) is 10.4. The summed E-state index contributed by atoms with van der Waals surface area (Å²) in [7, 11) is 0. The van der Waals surface area contributed by atoms with Gasteiger partial charge in [-0.15, -0.1) is 12.4 Å². The third-order valence-corrected chi connectivity index (χ3v) is 6.52. The van der Waals surface area contributed by atoms with Gasteiger partial charge in [-0.05, 0) is 62.3 Å². The van der Waals surface area contributed by atoms with E-state index in [0.717, 1.165) is 61.7 Å². The second-order valence-corrected chi connectivity index (χ2v) is 8.47. The molecular formula is C25H29ClFN5O. The number of hydrogen-bond donors (Lipinski definition) is 1. The van der Waals surface area contributed by atoms with Gasteiger partial charge in [-0.2, -0.15) is 5.10 Å². The summed E-state index contributed by atoms with van der Waals surface area (Å²) in [5, 5.41) is 8.07. The van der Waals surface area contributed by atoms with Gasteiger partial charge in [0.25, 0.3) is 5.91 Å². The Bertz CT molecular complexity index is 1060. The predicted molar refractivity (Wildman–Crippen MR) is 130 cm³/mol. The highest BCUT2D eigenvalue weighted by atomic mass is 35.5. The molecule has 8 heteroatoms. The van der Waals surface area contributed by atoms with Gasteiger partial charge in [-0.25, -0.2) is 9.07 Å². The van der Waals surface area contributed by atoms with Crippen molar-refractivity contribution in [3.8, 4) is 5.69 Å². The van der Waals surface area contributed by atoms with Crippen LogP contribution in [0.5, 0.6) is 0 Å². The number of nitrogens with one attached hydrogen (secondary N) is 1. The molecular weight excluding hydrogens is 441 g/mol. The number of rotatable bonds is 4. The van der Waals surface area contributed by atoms with Gasteiger partial charge in [0, 0.05) is 37.8 Å². The molecule has 0 spiro atoms. The Morgan fingerprint density at radius 3 is 2.24 bits per heavy atom. The minimum Gasteiger partial charge on any atom is -0.368 e. The number of amides is 1. The van der Waals surface area contributed by atoms with Crippen LogP contribution in [0.1, 0.15) is 34.8 Å². The number of piperazine rings is 1. The number of carbonyl (C=O) groups is 1. The first kappa shape index (κ1) is 23.3. The molecule has 0 aliphatic carbocycles. The molecule has 0 saturated carbocycles. The van der Waals surface area contributed by atoms with Crippen molar-refractivity contribution in [2.45, 2.75) is 18.8 Å². The number of hydrogen-bond acceptors (Lipinski definition) is 4. The van der Waals surface area contributed by atoms with Crippen LogP contribution in [0.4, 0.5) is 10.1 Å². The lowest BCUT2D eigenvalue weighted by Crippen LogP contribution is -2.49. The van der Waals surface area contributed by atoms with Crippen molar-refractivity contribution in [3.05, 3.63) is 77.9 Å². The maximum absolute atomic E-state index is 13.6. The molecule has 174 valence electrons. The molecule has 3 aromatic rings. The standard InChI is InChI=1S/C25H28FN5O.ClH/c26-20-6-8-21(9-7-20)29-14-16-30(17-15-29)25(32)23-18-28-31(22-4-2-1-3-5-22)24(23)19-10-12-27-13-11-19;/h1-9,18-19,27H,10-17H2;1H. The molecule has 6 nitrogen and oxygen atoms in total. The number of para-hydroxylation sites is 1. The van der Waals surface area contributed by atoms with Crippen LogP contribution in [0.3, 0.4) is 0 Å². The van der Waals surface area contributed by atoms with Crippen molar-refractivity contribution >= 4 is 24.0 Å². The van der Waals surface area contributed by atoms with E-state index in [1.165, 1.54) is 12.1 Å². The highest BCUT2D eigenvalue weighted by Gasteiger charge is 2.30. The van der Waals surface area contributed by atoms with Crippen LogP contribution in [-0.4, -0.2) is 59.9 Å². The van der Waals surface area contributed by atoms with Crippen LogP contribution in [0, 0.1) is 5.82 Å². The summed E-state index contributed by atoms with van der Waals surface area (Å²) in [5.74, 6) is 0.126. The first-order chi connectivity index (χ1) is 15.7. The molecule has 2 aliphatic heterocycles. The normalized spacial score (nSPS) is 17.0. The van der Waals surface area contributed by atoms with Gasteiger partial charge >= 0.3 is 0 Å². The Labute approximate surface area is 199 Å². The number of piperidine rings is 1. The molecule has 0 radical (unpaired) electrons. The highest BCUT2D eigenvalue weighted by Crippen LogP contribution is 2.31. The largest absolute Gasteiger partial charge is 0.368 e.